The summed E-state index contributed by atoms with van der Waals surface area (Å²) >= 11 is 0. The van der Waals surface area contributed by atoms with E-state index in [-0.39, 0.29) is 6.10 Å². The number of aromatic nitrogens is 2. The van der Waals surface area contributed by atoms with Crippen LogP contribution in [0.4, 0.5) is 0 Å². The van der Waals surface area contributed by atoms with E-state index in [0.29, 0.717) is 6.04 Å². The molecule has 3 rings (SSSR count). The van der Waals surface area contributed by atoms with Gasteiger partial charge in [0.25, 0.3) is 0 Å². The van der Waals surface area contributed by atoms with Gasteiger partial charge in [-0.05, 0) is 25.5 Å². The summed E-state index contributed by atoms with van der Waals surface area (Å²) in [6.45, 7) is 4.46. The number of fused-ring (bicyclic) bond motifs is 1. The van der Waals surface area contributed by atoms with E-state index in [1.807, 2.05) is 31.2 Å². The molecule has 0 aliphatic carbocycles. The quantitative estimate of drug-likeness (QED) is 0.847. The molecule has 1 aliphatic rings. The monoisotopic (exact) mass is 301 g/mol. The number of ether oxygens (including phenoxy) is 2. The first kappa shape index (κ1) is 15.3. The van der Waals surface area contributed by atoms with Crippen LogP contribution in [-0.2, 0) is 16.0 Å². The number of hydrogen-bond acceptors (Lipinski definition) is 5. The highest BCUT2D eigenvalue weighted by atomic mass is 16.5. The molecule has 2 aromatic rings. The van der Waals surface area contributed by atoms with Crippen LogP contribution in [0.2, 0.25) is 0 Å². The van der Waals surface area contributed by atoms with Gasteiger partial charge in [0.1, 0.15) is 0 Å². The summed E-state index contributed by atoms with van der Waals surface area (Å²) in [6, 6.07) is 8.39. The molecule has 0 amide bonds. The van der Waals surface area contributed by atoms with Crippen LogP contribution in [-0.4, -0.2) is 54.4 Å². The molecule has 1 aromatic heterocycles. The number of para-hydroxylation sites is 2. The fourth-order valence-electron chi connectivity index (χ4n) is 3.13. The molecule has 5 heteroatoms. The molecule has 22 heavy (non-hydrogen) atoms. The van der Waals surface area contributed by atoms with Gasteiger partial charge in [-0.1, -0.05) is 12.1 Å². The molecule has 1 fully saturated rings. The van der Waals surface area contributed by atoms with Gasteiger partial charge in [0.2, 0.25) is 0 Å². The van der Waals surface area contributed by atoms with E-state index in [9.17, 15) is 0 Å². The van der Waals surface area contributed by atoms with Gasteiger partial charge in [-0.3, -0.25) is 4.90 Å². The average Bonchev–Trinajstić information content (AvgIpc) is 2.90. The predicted octanol–water partition coefficient (Wildman–Crippen LogP) is 2.17. The normalized spacial score (nSPS) is 22.5. The van der Waals surface area contributed by atoms with Crippen molar-refractivity contribution in [3.05, 3.63) is 35.7 Å². The second kappa shape index (κ2) is 6.69. The lowest BCUT2D eigenvalue weighted by Crippen LogP contribution is -2.33. The van der Waals surface area contributed by atoms with Crippen LogP contribution in [0.15, 0.2) is 24.3 Å². The van der Waals surface area contributed by atoms with Crippen LogP contribution in [0, 0.1) is 6.92 Å². The number of nitrogens with zero attached hydrogens (tertiary/aromatic N) is 3. The molecule has 1 aromatic carbocycles. The standard InChI is InChI=1S/C17H23N3O2/c1-12-17(19-16-7-5-4-6-15(16)18-12)10-20-9-14(22-3)8-13(20)11-21-2/h4-7,13-14H,8-11H2,1-3H3/t13-,14+/m0/s1. The minimum absolute atomic E-state index is 0.272. The number of hydrogen-bond donors (Lipinski definition) is 0. The van der Waals surface area contributed by atoms with Gasteiger partial charge in [-0.15, -0.1) is 0 Å². The lowest BCUT2D eigenvalue weighted by molar-refractivity contribution is 0.105. The van der Waals surface area contributed by atoms with E-state index < -0.39 is 0 Å². The third-order valence-corrected chi connectivity index (χ3v) is 4.38. The minimum atomic E-state index is 0.272. The molecule has 0 spiro atoms. The van der Waals surface area contributed by atoms with E-state index in [4.69, 9.17) is 14.5 Å². The van der Waals surface area contributed by atoms with E-state index in [0.717, 1.165) is 48.5 Å². The van der Waals surface area contributed by atoms with E-state index >= 15 is 0 Å². The molecule has 1 saturated heterocycles. The highest BCUT2D eigenvalue weighted by molar-refractivity contribution is 5.74. The lowest BCUT2D eigenvalue weighted by Gasteiger charge is -2.23. The molecular formula is C17H23N3O2. The zero-order valence-corrected chi connectivity index (χ0v) is 13.5. The zero-order valence-electron chi connectivity index (χ0n) is 13.5. The fraction of sp³-hybridized carbons (Fsp3) is 0.529. The fourth-order valence-corrected chi connectivity index (χ4v) is 3.13. The highest BCUT2D eigenvalue weighted by Gasteiger charge is 2.32. The van der Waals surface area contributed by atoms with Crippen molar-refractivity contribution < 1.29 is 9.47 Å². The number of methoxy groups -OCH3 is 2. The maximum atomic E-state index is 5.52. The Labute approximate surface area is 131 Å². The van der Waals surface area contributed by atoms with E-state index in [1.54, 1.807) is 14.2 Å². The summed E-state index contributed by atoms with van der Waals surface area (Å²) in [4.78, 5) is 11.9. The summed E-state index contributed by atoms with van der Waals surface area (Å²) in [6.07, 6.45) is 1.28. The Bertz CT molecular complexity index is 647. The van der Waals surface area contributed by atoms with Gasteiger partial charge in [0.05, 0.1) is 35.1 Å². The number of aryl methyl sites for hydroxylation is 1. The summed E-state index contributed by atoms with van der Waals surface area (Å²) in [7, 11) is 3.53. The summed E-state index contributed by atoms with van der Waals surface area (Å²) in [5, 5.41) is 0. The molecule has 0 N–H and O–H groups in total. The zero-order chi connectivity index (χ0) is 15.5. The molecular weight excluding hydrogens is 278 g/mol. The number of benzene rings is 1. The summed E-state index contributed by atoms with van der Waals surface area (Å²) < 4.78 is 10.9. The van der Waals surface area contributed by atoms with Crippen LogP contribution in [0.25, 0.3) is 11.0 Å². The molecule has 2 atom stereocenters. The van der Waals surface area contributed by atoms with E-state index in [1.165, 1.54) is 0 Å². The van der Waals surface area contributed by atoms with Gasteiger partial charge >= 0.3 is 0 Å². The van der Waals surface area contributed by atoms with Crippen molar-refractivity contribution in [2.75, 3.05) is 27.4 Å². The van der Waals surface area contributed by atoms with Crippen molar-refractivity contribution in [1.82, 2.24) is 14.9 Å². The van der Waals surface area contributed by atoms with Crippen LogP contribution < -0.4 is 0 Å². The van der Waals surface area contributed by atoms with Crippen LogP contribution in [0.1, 0.15) is 17.8 Å². The van der Waals surface area contributed by atoms with Crippen molar-refractivity contribution in [3.8, 4) is 0 Å². The maximum absolute atomic E-state index is 5.52. The van der Waals surface area contributed by atoms with Gasteiger partial charge in [0, 0.05) is 33.4 Å². The van der Waals surface area contributed by atoms with Crippen molar-refractivity contribution in [1.29, 1.82) is 0 Å². The van der Waals surface area contributed by atoms with Crippen LogP contribution in [0.3, 0.4) is 0 Å². The minimum Gasteiger partial charge on any atom is -0.383 e. The molecule has 2 heterocycles. The second-order valence-electron chi connectivity index (χ2n) is 5.88. The van der Waals surface area contributed by atoms with Gasteiger partial charge in [0.15, 0.2) is 0 Å². The molecule has 0 unspecified atom stereocenters. The largest absolute Gasteiger partial charge is 0.383 e. The Morgan fingerprint density at radius 1 is 1.18 bits per heavy atom. The Kier molecular flexibility index (Phi) is 4.66. The molecule has 0 saturated carbocycles. The Morgan fingerprint density at radius 3 is 2.59 bits per heavy atom. The van der Waals surface area contributed by atoms with Crippen molar-refractivity contribution in [2.24, 2.45) is 0 Å². The first-order chi connectivity index (χ1) is 10.7. The topological polar surface area (TPSA) is 47.5 Å². The third-order valence-electron chi connectivity index (χ3n) is 4.38. The lowest BCUT2D eigenvalue weighted by atomic mass is 10.2. The van der Waals surface area contributed by atoms with Crippen LogP contribution in [0.5, 0.6) is 0 Å². The van der Waals surface area contributed by atoms with Gasteiger partial charge in [-0.2, -0.15) is 0 Å². The van der Waals surface area contributed by atoms with E-state index in [2.05, 4.69) is 9.88 Å². The third kappa shape index (κ3) is 3.11. The molecule has 0 bridgehead atoms. The summed E-state index contributed by atoms with van der Waals surface area (Å²) in [5.74, 6) is 0. The first-order valence-corrected chi connectivity index (χ1v) is 7.69. The molecule has 5 nitrogen and oxygen atoms in total. The average molecular weight is 301 g/mol. The molecule has 0 radical (unpaired) electrons. The van der Waals surface area contributed by atoms with Gasteiger partial charge < -0.3 is 9.47 Å². The highest BCUT2D eigenvalue weighted by Crippen LogP contribution is 2.23. The Hall–Kier alpha value is -1.56. The van der Waals surface area contributed by atoms with Crippen molar-refractivity contribution in [2.45, 2.75) is 32.0 Å². The van der Waals surface area contributed by atoms with Crippen LogP contribution >= 0.6 is 0 Å². The second-order valence-corrected chi connectivity index (χ2v) is 5.88. The number of rotatable bonds is 5. The summed E-state index contributed by atoms with van der Waals surface area (Å²) in [5.41, 5.74) is 3.94. The van der Waals surface area contributed by atoms with Crippen molar-refractivity contribution in [3.63, 3.8) is 0 Å². The molecule has 118 valence electrons. The maximum Gasteiger partial charge on any atom is 0.0890 e. The molecule has 1 aliphatic heterocycles. The van der Waals surface area contributed by atoms with Crippen molar-refractivity contribution >= 4 is 11.0 Å². The Morgan fingerprint density at radius 2 is 1.91 bits per heavy atom. The Balaban J connectivity index is 1.83. The number of likely N-dealkylation sites (tertiary alicyclic amines) is 1. The van der Waals surface area contributed by atoms with Gasteiger partial charge in [-0.25, -0.2) is 9.97 Å². The predicted molar refractivity (Wildman–Crippen MR) is 85.8 cm³/mol. The smallest absolute Gasteiger partial charge is 0.0890 e. The SMILES string of the molecule is COC[C@@H]1C[C@@H](OC)CN1Cc1nc2ccccc2nc1C. The first-order valence-electron chi connectivity index (χ1n) is 7.69.